The summed E-state index contributed by atoms with van der Waals surface area (Å²) in [6.45, 7) is 1.59. The molecular formula is C38H72N6O6S3. The molecule has 0 aliphatic carbocycles. The van der Waals surface area contributed by atoms with Crippen molar-refractivity contribution in [3.8, 4) is 18.2 Å². The fourth-order valence-electron chi connectivity index (χ4n) is 6.35. The lowest BCUT2D eigenvalue weighted by molar-refractivity contribution is 0.509. The first-order chi connectivity index (χ1) is 25.5. The summed E-state index contributed by atoms with van der Waals surface area (Å²) in [4.78, 5) is 0. The fourth-order valence-corrected chi connectivity index (χ4v) is 14.0. The highest BCUT2D eigenvalue weighted by atomic mass is 32.3. The molecule has 308 valence electrons. The van der Waals surface area contributed by atoms with E-state index < -0.39 is 39.9 Å². The van der Waals surface area contributed by atoms with Gasteiger partial charge >= 0.3 is 3.41 Å². The summed E-state index contributed by atoms with van der Waals surface area (Å²) in [5.41, 5.74) is 0. The molecule has 0 aliphatic rings. The summed E-state index contributed by atoms with van der Waals surface area (Å²) in [6, 6.07) is 6.44. The molecule has 0 saturated heterocycles. The zero-order valence-electron chi connectivity index (χ0n) is 32.9. The maximum absolute atomic E-state index is 14.1. The van der Waals surface area contributed by atoms with E-state index in [4.69, 9.17) is 15.8 Å². The number of nitrogens with zero attached hydrogens (tertiary/aromatic N) is 3. The molecule has 0 aliphatic heterocycles. The van der Waals surface area contributed by atoms with Gasteiger partial charge in [0, 0.05) is 45.3 Å². The lowest BCUT2D eigenvalue weighted by atomic mass is 10.1. The summed E-state index contributed by atoms with van der Waals surface area (Å²) in [5, 5.41) is 26.0. The Kier molecular flexibility index (Phi) is 31.3. The Hall–Kier alpha value is -1.80. The third-order valence-electron chi connectivity index (χ3n) is 9.59. The van der Waals surface area contributed by atoms with Gasteiger partial charge < -0.3 is 0 Å². The van der Waals surface area contributed by atoms with Crippen molar-refractivity contribution < 1.29 is 25.3 Å². The number of hydrogen-bond acceptors (Lipinski definition) is 9. The smallest absolute Gasteiger partial charge is 0.213 e. The second-order valence-corrected chi connectivity index (χ2v) is 20.9. The van der Waals surface area contributed by atoms with Gasteiger partial charge in [0.05, 0.1) is 18.2 Å². The van der Waals surface area contributed by atoms with Crippen LogP contribution in [-0.4, -0.2) is 48.3 Å². The average Bonchev–Trinajstić information content (AvgIpc) is 3.11. The van der Waals surface area contributed by atoms with Crippen molar-refractivity contribution in [1.29, 1.82) is 15.8 Å². The highest BCUT2D eigenvalue weighted by Crippen LogP contribution is 2.35. The number of rotatable bonds is 39. The quantitative estimate of drug-likeness (QED) is 0.0507. The third-order valence-corrected chi connectivity index (χ3v) is 18.4. The second-order valence-electron chi connectivity index (χ2n) is 14.2. The lowest BCUT2D eigenvalue weighted by Gasteiger charge is -2.32. The number of nitrogens with one attached hydrogen (secondary N) is 3. The van der Waals surface area contributed by atoms with Crippen molar-refractivity contribution >= 4 is 30.1 Å². The minimum atomic E-state index is -4.93. The van der Waals surface area contributed by atoms with Crippen molar-refractivity contribution in [2.24, 2.45) is 0 Å². The standard InChI is InChI=1S/C38H72N6O6S3/c1-2-3-31-38(51(45,46)42-35-28-22-16-10-4-7-13-19-25-32-39,52(47,48)43-36-29-23-17-11-5-8-14-20-26-33-40)53(49,50)44-37-30-24-18-12-6-9-15-21-27-34-41/h42-44H,2-31,35-37H2,1H3. The summed E-state index contributed by atoms with van der Waals surface area (Å²) >= 11 is 0. The van der Waals surface area contributed by atoms with Crippen LogP contribution in [0.5, 0.6) is 0 Å². The first-order valence-corrected chi connectivity index (χ1v) is 25.0. The van der Waals surface area contributed by atoms with E-state index in [1.807, 2.05) is 0 Å². The lowest BCUT2D eigenvalue weighted by Crippen LogP contribution is -2.63. The fraction of sp³-hybridized carbons (Fsp3) is 0.921. The van der Waals surface area contributed by atoms with E-state index in [0.717, 1.165) is 135 Å². The van der Waals surface area contributed by atoms with Crippen LogP contribution >= 0.6 is 0 Å². The molecule has 53 heavy (non-hydrogen) atoms. The van der Waals surface area contributed by atoms with Crippen LogP contribution in [0.15, 0.2) is 0 Å². The van der Waals surface area contributed by atoms with Crippen LogP contribution in [0.3, 0.4) is 0 Å². The van der Waals surface area contributed by atoms with Gasteiger partial charge in [-0.1, -0.05) is 129 Å². The average molecular weight is 805 g/mol. The summed E-state index contributed by atoms with van der Waals surface area (Å²) < 4.78 is 88.7. The van der Waals surface area contributed by atoms with E-state index >= 15 is 0 Å². The maximum Gasteiger partial charge on any atom is 0.313 e. The van der Waals surface area contributed by atoms with Gasteiger partial charge in [-0.25, -0.2) is 39.4 Å². The molecule has 0 aromatic rings. The highest BCUT2D eigenvalue weighted by Gasteiger charge is 2.64. The first kappa shape index (κ1) is 51.2. The number of unbranched alkanes of at least 4 members (excludes halogenated alkanes) is 25. The zero-order valence-corrected chi connectivity index (χ0v) is 35.3. The topological polar surface area (TPSA) is 210 Å². The largest absolute Gasteiger partial charge is 0.313 e. The molecular weight excluding hydrogens is 733 g/mol. The van der Waals surface area contributed by atoms with Gasteiger partial charge in [0.1, 0.15) is 0 Å². The molecule has 0 heterocycles. The molecule has 0 radical (unpaired) electrons. The van der Waals surface area contributed by atoms with Crippen molar-refractivity contribution in [2.45, 2.75) is 203 Å². The Morgan fingerprint density at radius 3 is 0.830 bits per heavy atom. The highest BCUT2D eigenvalue weighted by molar-refractivity contribution is 8.24. The van der Waals surface area contributed by atoms with Crippen LogP contribution in [0.4, 0.5) is 0 Å². The van der Waals surface area contributed by atoms with Gasteiger partial charge in [-0.05, 0) is 44.9 Å². The van der Waals surface area contributed by atoms with E-state index in [-0.39, 0.29) is 26.1 Å². The Balaban J connectivity index is 5.56. The van der Waals surface area contributed by atoms with Gasteiger partial charge in [0.15, 0.2) is 0 Å². The predicted molar refractivity (Wildman–Crippen MR) is 215 cm³/mol. The Labute approximate surface area is 324 Å². The summed E-state index contributed by atoms with van der Waals surface area (Å²) in [6.07, 6.45) is 22.6. The molecule has 0 unspecified atom stereocenters. The Morgan fingerprint density at radius 1 is 0.377 bits per heavy atom. The van der Waals surface area contributed by atoms with Crippen LogP contribution in [0.1, 0.15) is 200 Å². The molecule has 0 atom stereocenters. The van der Waals surface area contributed by atoms with E-state index in [1.165, 1.54) is 0 Å². The molecule has 0 bridgehead atoms. The molecule has 0 amide bonds. The van der Waals surface area contributed by atoms with Crippen LogP contribution in [0.25, 0.3) is 0 Å². The third kappa shape index (κ3) is 22.4. The zero-order chi connectivity index (χ0) is 39.6. The Bertz CT molecular complexity index is 1210. The van der Waals surface area contributed by atoms with E-state index in [2.05, 4.69) is 32.4 Å². The van der Waals surface area contributed by atoms with Crippen molar-refractivity contribution in [3.05, 3.63) is 0 Å². The molecule has 0 fully saturated rings. The van der Waals surface area contributed by atoms with Gasteiger partial charge in [-0.2, -0.15) is 15.8 Å². The maximum atomic E-state index is 14.1. The molecule has 12 nitrogen and oxygen atoms in total. The van der Waals surface area contributed by atoms with Crippen LogP contribution in [0, 0.1) is 34.0 Å². The van der Waals surface area contributed by atoms with Crippen LogP contribution in [-0.2, 0) is 30.1 Å². The van der Waals surface area contributed by atoms with Crippen molar-refractivity contribution in [1.82, 2.24) is 14.2 Å². The Morgan fingerprint density at radius 2 is 0.604 bits per heavy atom. The second kappa shape index (κ2) is 32.4. The number of sulfonamides is 3. The van der Waals surface area contributed by atoms with E-state index in [0.29, 0.717) is 44.9 Å². The first-order valence-electron chi connectivity index (χ1n) is 20.6. The molecule has 15 heteroatoms. The SMILES string of the molecule is CCCCC(S(=O)(=O)NCCCCCCCCCCC#N)(S(=O)(=O)NCCCCCCCCCCC#N)S(=O)(=O)NCCCCCCCCCCC#N. The van der Waals surface area contributed by atoms with Gasteiger partial charge in [0.2, 0.25) is 30.1 Å². The van der Waals surface area contributed by atoms with Crippen LogP contribution in [0.2, 0.25) is 0 Å². The van der Waals surface area contributed by atoms with Crippen molar-refractivity contribution in [2.75, 3.05) is 19.6 Å². The van der Waals surface area contributed by atoms with E-state index in [9.17, 15) is 25.3 Å². The predicted octanol–water partition coefficient (Wildman–Crippen LogP) is 8.69. The van der Waals surface area contributed by atoms with Gasteiger partial charge in [0.25, 0.3) is 0 Å². The molecule has 0 aromatic carbocycles. The summed E-state index contributed by atoms with van der Waals surface area (Å²) in [5.74, 6) is 0. The minimum absolute atomic E-state index is 0.0591. The molecule has 0 saturated carbocycles. The summed E-state index contributed by atoms with van der Waals surface area (Å²) in [7, 11) is -14.8. The monoisotopic (exact) mass is 804 g/mol. The number of nitriles is 3. The number of hydrogen-bond donors (Lipinski definition) is 3. The van der Waals surface area contributed by atoms with Gasteiger partial charge in [-0.15, -0.1) is 0 Å². The normalized spacial score (nSPS) is 12.3. The van der Waals surface area contributed by atoms with Gasteiger partial charge in [-0.3, -0.25) is 0 Å². The van der Waals surface area contributed by atoms with Crippen molar-refractivity contribution in [3.63, 3.8) is 0 Å². The molecule has 0 rings (SSSR count). The molecule has 3 N–H and O–H groups in total. The minimum Gasteiger partial charge on any atom is -0.213 e. The van der Waals surface area contributed by atoms with Crippen LogP contribution < -0.4 is 14.2 Å². The molecule has 0 aromatic heterocycles. The molecule has 0 spiro atoms. The van der Waals surface area contributed by atoms with E-state index in [1.54, 1.807) is 6.92 Å².